The molecule has 0 aromatic rings. The second-order valence-corrected chi connectivity index (χ2v) is 4.45. The van der Waals surface area contributed by atoms with Gasteiger partial charge in [-0.1, -0.05) is 19.3 Å². The lowest BCUT2D eigenvalue weighted by Gasteiger charge is -2.25. The zero-order valence-electron chi connectivity index (χ0n) is 10.2. The Morgan fingerprint density at radius 2 is 2.06 bits per heavy atom. The summed E-state index contributed by atoms with van der Waals surface area (Å²) in [4.78, 5) is 24.9. The Morgan fingerprint density at radius 1 is 1.41 bits per heavy atom. The molecule has 1 rings (SSSR count). The molecule has 17 heavy (non-hydrogen) atoms. The van der Waals surface area contributed by atoms with E-state index in [0.29, 0.717) is 19.4 Å². The molecule has 0 aliphatic heterocycles. The number of carbonyl (C=O) groups excluding carboxylic acids is 1. The van der Waals surface area contributed by atoms with E-state index in [1.807, 2.05) is 6.92 Å². The van der Waals surface area contributed by atoms with E-state index in [1.54, 1.807) is 4.90 Å². The van der Waals surface area contributed by atoms with Crippen molar-refractivity contribution in [2.24, 2.45) is 11.8 Å². The first-order chi connectivity index (χ1) is 8.11. The lowest BCUT2D eigenvalue weighted by molar-refractivity contribution is -0.148. The minimum Gasteiger partial charge on any atom is -0.481 e. The minimum absolute atomic E-state index is 0.0882. The summed E-state index contributed by atoms with van der Waals surface area (Å²) in [6, 6.07) is 0. The molecule has 0 aromatic heterocycles. The van der Waals surface area contributed by atoms with Gasteiger partial charge in [0, 0.05) is 6.54 Å². The van der Waals surface area contributed by atoms with Crippen LogP contribution in [0.15, 0.2) is 0 Å². The van der Waals surface area contributed by atoms with Crippen LogP contribution in [-0.4, -0.2) is 35.0 Å². The Hall–Kier alpha value is -1.50. The summed E-state index contributed by atoms with van der Waals surface area (Å²) in [7, 11) is 0. The van der Waals surface area contributed by atoms with Gasteiger partial charge in [0.2, 0.25) is 5.91 Å². The molecular weight excluding hydrogens is 218 g/mol. The number of terminal acetylenes is 1. The summed E-state index contributed by atoms with van der Waals surface area (Å²) in [6.45, 7) is 2.85. The summed E-state index contributed by atoms with van der Waals surface area (Å²) >= 11 is 0. The van der Waals surface area contributed by atoms with Gasteiger partial charge in [0.25, 0.3) is 0 Å². The molecule has 1 aliphatic carbocycles. The fourth-order valence-corrected chi connectivity index (χ4v) is 2.43. The van der Waals surface area contributed by atoms with Gasteiger partial charge in [0.1, 0.15) is 0 Å². The molecule has 2 unspecified atom stereocenters. The third kappa shape index (κ3) is 3.23. The molecule has 1 saturated carbocycles. The second-order valence-electron chi connectivity index (χ2n) is 4.45. The van der Waals surface area contributed by atoms with Gasteiger partial charge in [0.05, 0.1) is 18.4 Å². The van der Waals surface area contributed by atoms with Gasteiger partial charge in [-0.25, -0.2) is 0 Å². The molecule has 1 aliphatic rings. The summed E-state index contributed by atoms with van der Waals surface area (Å²) < 4.78 is 0. The van der Waals surface area contributed by atoms with Crippen molar-refractivity contribution in [2.75, 3.05) is 13.1 Å². The monoisotopic (exact) mass is 237 g/mol. The number of nitrogens with zero attached hydrogens (tertiary/aromatic N) is 1. The Balaban J connectivity index is 2.72. The lowest BCUT2D eigenvalue weighted by Crippen LogP contribution is -2.39. The van der Waals surface area contributed by atoms with Crippen LogP contribution in [0.5, 0.6) is 0 Å². The third-order valence-electron chi connectivity index (χ3n) is 3.24. The average Bonchev–Trinajstić information content (AvgIpc) is 2.76. The Labute approximate surface area is 102 Å². The van der Waals surface area contributed by atoms with Crippen LogP contribution in [0.3, 0.4) is 0 Å². The van der Waals surface area contributed by atoms with Gasteiger partial charge in [-0.2, -0.15) is 0 Å². The molecular formula is C13H19NO3. The smallest absolute Gasteiger partial charge is 0.307 e. The van der Waals surface area contributed by atoms with Crippen LogP contribution in [0.1, 0.15) is 32.6 Å². The van der Waals surface area contributed by atoms with Crippen molar-refractivity contribution in [1.82, 2.24) is 4.90 Å². The van der Waals surface area contributed by atoms with E-state index < -0.39 is 11.9 Å². The molecule has 0 aromatic carbocycles. The van der Waals surface area contributed by atoms with Crippen LogP contribution in [0.4, 0.5) is 0 Å². The van der Waals surface area contributed by atoms with E-state index in [9.17, 15) is 9.59 Å². The Kier molecular flexibility index (Phi) is 5.02. The van der Waals surface area contributed by atoms with E-state index in [2.05, 4.69) is 5.92 Å². The van der Waals surface area contributed by atoms with E-state index in [1.165, 1.54) is 0 Å². The summed E-state index contributed by atoms with van der Waals surface area (Å²) in [6.07, 6.45) is 8.14. The molecule has 0 radical (unpaired) electrons. The first-order valence-electron chi connectivity index (χ1n) is 6.06. The molecule has 0 saturated heterocycles. The number of amides is 1. The predicted octanol–water partition coefficient (Wildman–Crippen LogP) is 1.36. The van der Waals surface area contributed by atoms with Gasteiger partial charge in [-0.05, 0) is 19.3 Å². The molecule has 0 spiro atoms. The SMILES string of the molecule is C#CCN(CCC)C(=O)C1CCCC1C(=O)O. The number of carbonyl (C=O) groups is 2. The van der Waals surface area contributed by atoms with E-state index in [-0.39, 0.29) is 18.4 Å². The van der Waals surface area contributed by atoms with Crippen LogP contribution < -0.4 is 0 Å². The zero-order valence-corrected chi connectivity index (χ0v) is 10.2. The van der Waals surface area contributed by atoms with Crippen molar-refractivity contribution in [2.45, 2.75) is 32.6 Å². The van der Waals surface area contributed by atoms with Crippen LogP contribution in [0, 0.1) is 24.2 Å². The van der Waals surface area contributed by atoms with E-state index >= 15 is 0 Å². The molecule has 4 heteroatoms. The molecule has 4 nitrogen and oxygen atoms in total. The highest BCUT2D eigenvalue weighted by Crippen LogP contribution is 2.33. The highest BCUT2D eigenvalue weighted by molar-refractivity contribution is 5.85. The summed E-state index contributed by atoms with van der Waals surface area (Å²) in [5, 5.41) is 9.06. The first-order valence-corrected chi connectivity index (χ1v) is 6.06. The van der Waals surface area contributed by atoms with Crippen molar-refractivity contribution < 1.29 is 14.7 Å². The Bertz CT molecular complexity index is 332. The topological polar surface area (TPSA) is 57.6 Å². The van der Waals surface area contributed by atoms with Crippen molar-refractivity contribution in [3.05, 3.63) is 0 Å². The van der Waals surface area contributed by atoms with Crippen LogP contribution in [0.25, 0.3) is 0 Å². The Morgan fingerprint density at radius 3 is 2.59 bits per heavy atom. The molecule has 1 amide bonds. The molecule has 1 fully saturated rings. The molecule has 2 atom stereocenters. The average molecular weight is 237 g/mol. The van der Waals surface area contributed by atoms with Gasteiger partial charge >= 0.3 is 5.97 Å². The molecule has 0 bridgehead atoms. The van der Waals surface area contributed by atoms with Crippen LogP contribution in [-0.2, 0) is 9.59 Å². The lowest BCUT2D eigenvalue weighted by atomic mass is 9.94. The maximum Gasteiger partial charge on any atom is 0.307 e. The third-order valence-corrected chi connectivity index (χ3v) is 3.24. The molecule has 94 valence electrons. The molecule has 1 N–H and O–H groups in total. The van der Waals surface area contributed by atoms with E-state index in [4.69, 9.17) is 11.5 Å². The maximum atomic E-state index is 12.2. The standard InChI is InChI=1S/C13H19NO3/c1-3-8-14(9-4-2)12(15)10-6-5-7-11(10)13(16)17/h1,10-11H,4-9H2,2H3,(H,16,17). The van der Waals surface area contributed by atoms with Gasteiger partial charge in [0.15, 0.2) is 0 Å². The van der Waals surface area contributed by atoms with Crippen molar-refractivity contribution in [1.29, 1.82) is 0 Å². The number of hydrogen-bond donors (Lipinski definition) is 1. The van der Waals surface area contributed by atoms with Crippen molar-refractivity contribution >= 4 is 11.9 Å². The van der Waals surface area contributed by atoms with Crippen LogP contribution in [0.2, 0.25) is 0 Å². The molecule has 0 heterocycles. The fraction of sp³-hybridized carbons (Fsp3) is 0.692. The zero-order chi connectivity index (χ0) is 12.8. The number of hydrogen-bond acceptors (Lipinski definition) is 2. The number of carboxylic acids is 1. The first kappa shape index (κ1) is 13.6. The number of rotatable bonds is 5. The van der Waals surface area contributed by atoms with Crippen molar-refractivity contribution in [3.8, 4) is 12.3 Å². The van der Waals surface area contributed by atoms with Gasteiger partial charge in [-0.15, -0.1) is 6.42 Å². The normalized spacial score (nSPS) is 23.1. The van der Waals surface area contributed by atoms with Crippen LogP contribution >= 0.6 is 0 Å². The fourth-order valence-electron chi connectivity index (χ4n) is 2.43. The highest BCUT2D eigenvalue weighted by atomic mass is 16.4. The largest absolute Gasteiger partial charge is 0.481 e. The van der Waals surface area contributed by atoms with Gasteiger partial charge in [-0.3, -0.25) is 9.59 Å². The highest BCUT2D eigenvalue weighted by Gasteiger charge is 2.39. The summed E-state index contributed by atoms with van der Waals surface area (Å²) in [5.74, 6) is 0.597. The quantitative estimate of drug-likeness (QED) is 0.734. The second kappa shape index (κ2) is 6.29. The predicted molar refractivity (Wildman–Crippen MR) is 64.2 cm³/mol. The van der Waals surface area contributed by atoms with Crippen molar-refractivity contribution in [3.63, 3.8) is 0 Å². The van der Waals surface area contributed by atoms with E-state index in [0.717, 1.165) is 12.8 Å². The number of carboxylic acid groups (broad SMARTS) is 1. The maximum absolute atomic E-state index is 12.2. The van der Waals surface area contributed by atoms with Gasteiger partial charge < -0.3 is 10.0 Å². The summed E-state index contributed by atoms with van der Waals surface area (Å²) in [5.41, 5.74) is 0. The number of aliphatic carboxylic acids is 1. The minimum atomic E-state index is -0.863.